The zero-order valence-corrected chi connectivity index (χ0v) is 27.2. The molecule has 2 aliphatic heterocycles. The summed E-state index contributed by atoms with van der Waals surface area (Å²) in [6, 6.07) is 30.6. The van der Waals surface area contributed by atoms with Crippen LogP contribution in [0.1, 0.15) is 48.7 Å². The number of allylic oxidation sites excluding steroid dienone is 12. The maximum atomic E-state index is 5.65. The van der Waals surface area contributed by atoms with E-state index in [0.29, 0.717) is 0 Å². The van der Waals surface area contributed by atoms with Crippen molar-refractivity contribution in [3.63, 3.8) is 0 Å². The molecule has 3 aliphatic carbocycles. The van der Waals surface area contributed by atoms with Crippen LogP contribution in [0.2, 0.25) is 0 Å². The van der Waals surface area contributed by atoms with Crippen molar-refractivity contribution in [2.75, 3.05) is 7.05 Å². The molecule has 236 valence electrons. The summed E-state index contributed by atoms with van der Waals surface area (Å²) in [7, 11) is 2.22. The van der Waals surface area contributed by atoms with Crippen LogP contribution in [0.3, 0.4) is 0 Å². The number of hydrogen-bond donors (Lipinski definition) is 1. The van der Waals surface area contributed by atoms with Gasteiger partial charge in [-0.3, -0.25) is 0 Å². The number of nitrogens with one attached hydrogen (secondary N) is 1. The average Bonchev–Trinajstić information content (AvgIpc) is 3.23. The molecule has 3 heterocycles. The Hall–Kier alpha value is -5.39. The SMILES string of the molecule is CN1C(c2ccccc2)NC(C2C=CC=CC2)=NC1N1C2=C(CC=CC=C2)c2c(n(-c3ccccc3)c3ccccc23)C2=C1CCC=C2. The number of amidine groups is 1. The molecule has 0 spiro atoms. The third kappa shape index (κ3) is 4.69. The van der Waals surface area contributed by atoms with Gasteiger partial charge >= 0.3 is 0 Å². The smallest absolute Gasteiger partial charge is 0.186 e. The molecule has 48 heavy (non-hydrogen) atoms. The molecule has 3 unspecified atom stereocenters. The van der Waals surface area contributed by atoms with Gasteiger partial charge in [-0.25, -0.2) is 9.89 Å². The Kier molecular flexibility index (Phi) is 7.20. The second-order valence-corrected chi connectivity index (χ2v) is 13.1. The highest BCUT2D eigenvalue weighted by atomic mass is 15.5. The fraction of sp³-hybridized carbons (Fsp3) is 0.186. The summed E-state index contributed by atoms with van der Waals surface area (Å²) in [5.41, 5.74) is 11.4. The first-order chi connectivity index (χ1) is 23.8. The molecular weight excluding hydrogens is 587 g/mol. The molecule has 5 heteroatoms. The molecule has 0 saturated heterocycles. The Morgan fingerprint density at radius 3 is 2.42 bits per heavy atom. The van der Waals surface area contributed by atoms with Gasteiger partial charge in [-0.2, -0.15) is 0 Å². The summed E-state index contributed by atoms with van der Waals surface area (Å²) in [6.07, 6.45) is 26.0. The predicted octanol–water partition coefficient (Wildman–Crippen LogP) is 9.28. The number of benzene rings is 3. The summed E-state index contributed by atoms with van der Waals surface area (Å²) in [5, 5.41) is 5.16. The Morgan fingerprint density at radius 1 is 0.792 bits per heavy atom. The molecule has 5 nitrogen and oxygen atoms in total. The van der Waals surface area contributed by atoms with E-state index in [0.717, 1.165) is 31.5 Å². The summed E-state index contributed by atoms with van der Waals surface area (Å²) in [6.45, 7) is 0. The standard InChI is InChI=1S/C43H39N5/c1-46-42(31-20-8-3-9-21-31)44-41(30-18-6-2-7-19-30)45-43(46)48-37-27-13-5-12-24-34(37)39-33-25-14-16-28-36(33)47(32-22-10-4-11-23-32)40(39)35-26-15-17-29-38(35)48/h2-16,18,20-23,25-28,30,42-43H,17,19,24,29H2,1H3,(H,44,45). The Bertz CT molecular complexity index is 2140. The molecule has 4 aromatic rings. The zero-order valence-electron chi connectivity index (χ0n) is 27.2. The molecule has 5 aliphatic rings. The molecule has 0 radical (unpaired) electrons. The minimum atomic E-state index is -0.254. The van der Waals surface area contributed by atoms with Crippen LogP contribution in [0.5, 0.6) is 0 Å². The van der Waals surface area contributed by atoms with Crippen molar-refractivity contribution < 1.29 is 0 Å². The van der Waals surface area contributed by atoms with Gasteiger partial charge in [0.25, 0.3) is 0 Å². The van der Waals surface area contributed by atoms with Gasteiger partial charge in [0, 0.05) is 39.5 Å². The van der Waals surface area contributed by atoms with E-state index >= 15 is 0 Å². The number of nitrogens with zero attached hydrogens (tertiary/aromatic N) is 4. The van der Waals surface area contributed by atoms with Gasteiger partial charge in [0.2, 0.25) is 0 Å². The van der Waals surface area contributed by atoms with Gasteiger partial charge in [-0.15, -0.1) is 0 Å². The van der Waals surface area contributed by atoms with Crippen molar-refractivity contribution in [2.24, 2.45) is 10.9 Å². The lowest BCUT2D eigenvalue weighted by atomic mass is 9.93. The third-order valence-corrected chi connectivity index (χ3v) is 10.3. The normalized spacial score (nSPS) is 23.4. The number of fused-ring (bicyclic) bond motifs is 5. The fourth-order valence-electron chi connectivity index (χ4n) is 8.05. The van der Waals surface area contributed by atoms with Crippen LogP contribution in [-0.2, 0) is 0 Å². The molecule has 3 aromatic carbocycles. The van der Waals surface area contributed by atoms with E-state index in [9.17, 15) is 0 Å². The minimum absolute atomic E-state index is 0.0345. The van der Waals surface area contributed by atoms with E-state index in [4.69, 9.17) is 4.99 Å². The summed E-state index contributed by atoms with van der Waals surface area (Å²) < 4.78 is 2.49. The lowest BCUT2D eigenvalue weighted by Gasteiger charge is -2.47. The van der Waals surface area contributed by atoms with Crippen molar-refractivity contribution in [2.45, 2.75) is 38.1 Å². The first-order valence-electron chi connectivity index (χ1n) is 17.2. The van der Waals surface area contributed by atoms with Gasteiger partial charge in [-0.1, -0.05) is 121 Å². The van der Waals surface area contributed by atoms with Crippen LogP contribution in [0, 0.1) is 5.92 Å². The van der Waals surface area contributed by atoms with Gasteiger partial charge in [0.1, 0.15) is 12.0 Å². The summed E-state index contributed by atoms with van der Waals surface area (Å²) in [5.74, 6) is 1.24. The highest BCUT2D eigenvalue weighted by Crippen LogP contribution is 2.49. The van der Waals surface area contributed by atoms with Crippen LogP contribution in [-0.4, -0.2) is 33.5 Å². The minimum Gasteiger partial charge on any atom is -0.354 e. The highest BCUT2D eigenvalue weighted by molar-refractivity contribution is 6.04. The average molecular weight is 626 g/mol. The molecule has 0 bridgehead atoms. The molecule has 0 fully saturated rings. The molecule has 0 amide bonds. The van der Waals surface area contributed by atoms with E-state index in [1.807, 2.05) is 0 Å². The van der Waals surface area contributed by atoms with E-state index in [-0.39, 0.29) is 18.4 Å². The van der Waals surface area contributed by atoms with Crippen molar-refractivity contribution in [3.8, 4) is 5.69 Å². The Morgan fingerprint density at radius 2 is 1.58 bits per heavy atom. The first kappa shape index (κ1) is 28.8. The topological polar surface area (TPSA) is 35.8 Å². The number of rotatable bonds is 4. The second-order valence-electron chi connectivity index (χ2n) is 13.1. The van der Waals surface area contributed by atoms with Crippen LogP contribution >= 0.6 is 0 Å². The molecule has 3 atom stereocenters. The molecular formula is C43H39N5. The van der Waals surface area contributed by atoms with Crippen molar-refractivity contribution in [1.29, 1.82) is 0 Å². The second kappa shape index (κ2) is 12.0. The molecule has 9 rings (SSSR count). The quantitative estimate of drug-likeness (QED) is 0.246. The fourth-order valence-corrected chi connectivity index (χ4v) is 8.05. The monoisotopic (exact) mass is 625 g/mol. The van der Waals surface area contributed by atoms with E-state index < -0.39 is 0 Å². The van der Waals surface area contributed by atoms with Gasteiger partial charge in [-0.05, 0) is 68.1 Å². The highest BCUT2D eigenvalue weighted by Gasteiger charge is 2.41. The first-order valence-corrected chi connectivity index (χ1v) is 17.2. The lowest BCUT2D eigenvalue weighted by Crippen LogP contribution is -2.56. The third-order valence-electron chi connectivity index (χ3n) is 10.3. The lowest BCUT2D eigenvalue weighted by molar-refractivity contribution is 0.0618. The van der Waals surface area contributed by atoms with E-state index in [1.54, 1.807) is 0 Å². The van der Waals surface area contributed by atoms with Gasteiger partial charge in [0.05, 0.1) is 11.2 Å². The summed E-state index contributed by atoms with van der Waals surface area (Å²) >= 11 is 0. The van der Waals surface area contributed by atoms with Crippen LogP contribution in [0.25, 0.3) is 27.7 Å². The van der Waals surface area contributed by atoms with E-state index in [1.165, 1.54) is 56.0 Å². The maximum Gasteiger partial charge on any atom is 0.186 e. The largest absolute Gasteiger partial charge is 0.354 e. The number of aliphatic imine (C=N–C) groups is 1. The van der Waals surface area contributed by atoms with Gasteiger partial charge < -0.3 is 14.8 Å². The molecule has 1 aromatic heterocycles. The van der Waals surface area contributed by atoms with E-state index in [2.05, 4.69) is 172 Å². The Balaban J connectivity index is 1.33. The zero-order chi connectivity index (χ0) is 32.0. The number of para-hydroxylation sites is 2. The molecule has 1 N–H and O–H groups in total. The molecule has 0 saturated carbocycles. The maximum absolute atomic E-state index is 5.65. The van der Waals surface area contributed by atoms with Crippen molar-refractivity contribution >= 4 is 27.9 Å². The number of aromatic nitrogens is 1. The van der Waals surface area contributed by atoms with Crippen LogP contribution < -0.4 is 5.32 Å². The Labute approximate surface area is 282 Å². The van der Waals surface area contributed by atoms with Crippen molar-refractivity contribution in [1.82, 2.24) is 19.7 Å². The van der Waals surface area contributed by atoms with Crippen LogP contribution in [0.15, 0.2) is 162 Å². The van der Waals surface area contributed by atoms with Crippen LogP contribution in [0.4, 0.5) is 0 Å². The predicted molar refractivity (Wildman–Crippen MR) is 198 cm³/mol. The van der Waals surface area contributed by atoms with Gasteiger partial charge in [0.15, 0.2) is 6.29 Å². The summed E-state index contributed by atoms with van der Waals surface area (Å²) in [4.78, 5) is 10.7. The number of hydrogen-bond acceptors (Lipinski definition) is 4. The van der Waals surface area contributed by atoms with Crippen molar-refractivity contribution in [3.05, 3.63) is 174 Å².